The number of nitrogens with one attached hydrogen (secondary N) is 1. The number of hydrogen-bond donors (Lipinski definition) is 1. The molecule has 0 saturated carbocycles. The van der Waals surface area contributed by atoms with Crippen LogP contribution < -0.4 is 10.2 Å². The molecule has 1 saturated heterocycles. The fraction of sp³-hybridized carbons (Fsp3) is 0.333. The summed E-state index contributed by atoms with van der Waals surface area (Å²) in [5.41, 5.74) is 1.53. The van der Waals surface area contributed by atoms with Crippen molar-refractivity contribution < 1.29 is 4.79 Å². The van der Waals surface area contributed by atoms with Crippen LogP contribution in [0, 0.1) is 6.92 Å². The zero-order valence-electron chi connectivity index (χ0n) is 13.1. The van der Waals surface area contributed by atoms with Gasteiger partial charge in [-0.2, -0.15) is 0 Å². The third-order valence-electron chi connectivity index (χ3n) is 4.07. The van der Waals surface area contributed by atoms with E-state index in [1.807, 2.05) is 37.3 Å². The van der Waals surface area contributed by atoms with E-state index in [1.165, 1.54) is 0 Å². The SMILES string of the molecule is Cc1cccc(N2CCCC(NC(=O)c3ccccc3Cl)C2)n1. The van der Waals surface area contributed by atoms with Crippen molar-refractivity contribution in [3.8, 4) is 0 Å². The van der Waals surface area contributed by atoms with Gasteiger partial charge in [-0.15, -0.1) is 0 Å². The summed E-state index contributed by atoms with van der Waals surface area (Å²) in [6.07, 6.45) is 2.00. The number of halogens is 1. The Morgan fingerprint density at radius 3 is 2.87 bits per heavy atom. The lowest BCUT2D eigenvalue weighted by molar-refractivity contribution is 0.0933. The molecule has 0 aliphatic carbocycles. The molecule has 1 aliphatic heterocycles. The van der Waals surface area contributed by atoms with E-state index in [2.05, 4.69) is 15.2 Å². The van der Waals surface area contributed by atoms with Crippen LogP contribution in [0.4, 0.5) is 5.82 Å². The Balaban J connectivity index is 1.67. The molecule has 1 fully saturated rings. The van der Waals surface area contributed by atoms with Crippen LogP contribution in [-0.4, -0.2) is 30.0 Å². The first kappa shape index (κ1) is 15.8. The molecule has 1 aromatic carbocycles. The fourth-order valence-electron chi connectivity index (χ4n) is 2.92. The van der Waals surface area contributed by atoms with E-state index < -0.39 is 0 Å². The molecule has 3 rings (SSSR count). The highest BCUT2D eigenvalue weighted by molar-refractivity contribution is 6.33. The van der Waals surface area contributed by atoms with Crippen molar-refractivity contribution in [1.82, 2.24) is 10.3 Å². The average Bonchev–Trinajstić information content (AvgIpc) is 2.55. The van der Waals surface area contributed by atoms with Gasteiger partial charge in [0.2, 0.25) is 0 Å². The predicted molar refractivity (Wildman–Crippen MR) is 93.1 cm³/mol. The van der Waals surface area contributed by atoms with Crippen LogP contribution in [0.3, 0.4) is 0 Å². The molecule has 2 aromatic rings. The number of rotatable bonds is 3. The fourth-order valence-corrected chi connectivity index (χ4v) is 3.14. The molecule has 1 atom stereocenters. The second kappa shape index (κ2) is 7.01. The summed E-state index contributed by atoms with van der Waals surface area (Å²) in [6, 6.07) is 13.3. The Bertz CT molecular complexity index is 704. The van der Waals surface area contributed by atoms with Gasteiger partial charge >= 0.3 is 0 Å². The van der Waals surface area contributed by atoms with Gasteiger partial charge in [0, 0.05) is 24.8 Å². The Hall–Kier alpha value is -2.07. The highest BCUT2D eigenvalue weighted by atomic mass is 35.5. The summed E-state index contributed by atoms with van der Waals surface area (Å²) < 4.78 is 0. The van der Waals surface area contributed by atoms with Gasteiger partial charge in [-0.3, -0.25) is 4.79 Å². The number of pyridine rings is 1. The molecule has 0 radical (unpaired) electrons. The summed E-state index contributed by atoms with van der Waals surface area (Å²) in [4.78, 5) is 19.2. The molecule has 23 heavy (non-hydrogen) atoms. The maximum Gasteiger partial charge on any atom is 0.253 e. The van der Waals surface area contributed by atoms with Crippen molar-refractivity contribution in [2.45, 2.75) is 25.8 Å². The molecule has 1 aliphatic rings. The Morgan fingerprint density at radius 2 is 2.09 bits per heavy atom. The highest BCUT2D eigenvalue weighted by Crippen LogP contribution is 2.19. The van der Waals surface area contributed by atoms with Crippen molar-refractivity contribution >= 4 is 23.3 Å². The van der Waals surface area contributed by atoms with Crippen LogP contribution in [0.15, 0.2) is 42.5 Å². The van der Waals surface area contributed by atoms with Gasteiger partial charge in [-0.1, -0.05) is 29.8 Å². The van der Waals surface area contributed by atoms with E-state index >= 15 is 0 Å². The number of carbonyl (C=O) groups is 1. The number of aromatic nitrogens is 1. The highest BCUT2D eigenvalue weighted by Gasteiger charge is 2.23. The van der Waals surface area contributed by atoms with Gasteiger partial charge in [-0.05, 0) is 44.0 Å². The van der Waals surface area contributed by atoms with Gasteiger partial charge in [-0.25, -0.2) is 4.98 Å². The van der Waals surface area contributed by atoms with E-state index in [-0.39, 0.29) is 11.9 Å². The third kappa shape index (κ3) is 3.82. The standard InChI is InChI=1S/C18H20ClN3O/c1-13-6-4-10-17(20-13)22-11-5-7-14(12-22)21-18(23)15-8-2-3-9-16(15)19/h2-4,6,8-10,14H,5,7,11-12H2,1H3,(H,21,23). The monoisotopic (exact) mass is 329 g/mol. The number of piperidine rings is 1. The number of benzene rings is 1. The second-order valence-corrected chi connectivity index (χ2v) is 6.28. The summed E-state index contributed by atoms with van der Waals surface area (Å²) in [6.45, 7) is 3.73. The molecule has 0 bridgehead atoms. The quantitative estimate of drug-likeness (QED) is 0.938. The summed E-state index contributed by atoms with van der Waals surface area (Å²) in [5.74, 6) is 0.862. The minimum absolute atomic E-state index is 0.106. The van der Waals surface area contributed by atoms with Crippen LogP contribution in [-0.2, 0) is 0 Å². The zero-order chi connectivity index (χ0) is 16.2. The summed E-state index contributed by atoms with van der Waals surface area (Å²) >= 11 is 6.10. The smallest absolute Gasteiger partial charge is 0.253 e. The number of amides is 1. The Kier molecular flexibility index (Phi) is 4.82. The molecular weight excluding hydrogens is 310 g/mol. The summed E-state index contributed by atoms with van der Waals surface area (Å²) in [7, 11) is 0. The number of anilines is 1. The van der Waals surface area contributed by atoms with Crippen molar-refractivity contribution in [2.75, 3.05) is 18.0 Å². The van der Waals surface area contributed by atoms with Crippen LogP contribution in [0.1, 0.15) is 28.9 Å². The number of carbonyl (C=O) groups excluding carboxylic acids is 1. The van der Waals surface area contributed by atoms with Crippen molar-refractivity contribution in [2.24, 2.45) is 0 Å². The molecule has 1 N–H and O–H groups in total. The summed E-state index contributed by atoms with van der Waals surface area (Å²) in [5, 5.41) is 3.58. The van der Waals surface area contributed by atoms with E-state index in [9.17, 15) is 4.79 Å². The van der Waals surface area contributed by atoms with E-state index in [0.29, 0.717) is 10.6 Å². The lowest BCUT2D eigenvalue weighted by atomic mass is 10.0. The van der Waals surface area contributed by atoms with Gasteiger partial charge < -0.3 is 10.2 Å². The number of nitrogens with zero attached hydrogens (tertiary/aromatic N) is 2. The normalized spacial score (nSPS) is 17.8. The lowest BCUT2D eigenvalue weighted by Gasteiger charge is -2.34. The van der Waals surface area contributed by atoms with Gasteiger partial charge in [0.1, 0.15) is 5.82 Å². The van der Waals surface area contributed by atoms with Crippen LogP contribution in [0.25, 0.3) is 0 Å². The van der Waals surface area contributed by atoms with Gasteiger partial charge in [0.25, 0.3) is 5.91 Å². The Morgan fingerprint density at radius 1 is 1.26 bits per heavy atom. The molecule has 4 nitrogen and oxygen atoms in total. The van der Waals surface area contributed by atoms with Crippen LogP contribution in [0.5, 0.6) is 0 Å². The van der Waals surface area contributed by atoms with E-state index in [0.717, 1.165) is 37.4 Å². The minimum Gasteiger partial charge on any atom is -0.355 e. The topological polar surface area (TPSA) is 45.2 Å². The van der Waals surface area contributed by atoms with Crippen molar-refractivity contribution in [1.29, 1.82) is 0 Å². The van der Waals surface area contributed by atoms with Crippen LogP contribution in [0.2, 0.25) is 5.02 Å². The minimum atomic E-state index is -0.111. The number of aryl methyl sites for hydroxylation is 1. The van der Waals surface area contributed by atoms with Crippen molar-refractivity contribution in [3.63, 3.8) is 0 Å². The first-order valence-corrected chi connectivity index (χ1v) is 8.25. The van der Waals surface area contributed by atoms with E-state index in [4.69, 9.17) is 11.6 Å². The molecular formula is C18H20ClN3O. The first-order chi connectivity index (χ1) is 11.1. The molecule has 2 heterocycles. The molecule has 1 unspecified atom stereocenters. The van der Waals surface area contributed by atoms with Crippen LogP contribution >= 0.6 is 11.6 Å². The largest absolute Gasteiger partial charge is 0.355 e. The van der Waals surface area contributed by atoms with Gasteiger partial charge in [0.05, 0.1) is 10.6 Å². The average molecular weight is 330 g/mol. The predicted octanol–water partition coefficient (Wildman–Crippen LogP) is 3.44. The van der Waals surface area contributed by atoms with Gasteiger partial charge in [0.15, 0.2) is 0 Å². The lowest BCUT2D eigenvalue weighted by Crippen LogP contribution is -2.48. The molecule has 5 heteroatoms. The van der Waals surface area contributed by atoms with E-state index in [1.54, 1.807) is 12.1 Å². The maximum absolute atomic E-state index is 12.4. The second-order valence-electron chi connectivity index (χ2n) is 5.88. The molecule has 120 valence electrons. The molecule has 1 amide bonds. The number of hydrogen-bond acceptors (Lipinski definition) is 3. The third-order valence-corrected chi connectivity index (χ3v) is 4.40. The zero-order valence-corrected chi connectivity index (χ0v) is 13.9. The molecule has 1 aromatic heterocycles. The Labute approximate surface area is 141 Å². The maximum atomic E-state index is 12.4. The first-order valence-electron chi connectivity index (χ1n) is 7.87. The molecule has 0 spiro atoms. The van der Waals surface area contributed by atoms with Crippen molar-refractivity contribution in [3.05, 3.63) is 58.7 Å².